The maximum atomic E-state index is 12.5. The second-order valence-corrected chi connectivity index (χ2v) is 18.9. The van der Waals surface area contributed by atoms with Crippen molar-refractivity contribution in [1.29, 1.82) is 0 Å². The van der Waals surface area contributed by atoms with E-state index in [2.05, 4.69) is 114 Å². The van der Waals surface area contributed by atoms with E-state index in [0.717, 1.165) is 25.8 Å². The molecule has 0 aromatic rings. The van der Waals surface area contributed by atoms with Gasteiger partial charge in [-0.15, -0.1) is 0 Å². The second-order valence-electron chi connectivity index (χ2n) is 18.9. The summed E-state index contributed by atoms with van der Waals surface area (Å²) in [5, 5.41) is 3.20. The fourth-order valence-electron chi connectivity index (χ4n) is 8.02. The number of allylic oxidation sites excluding steroid dienone is 2. The van der Waals surface area contributed by atoms with Crippen LogP contribution in [0.1, 0.15) is 193 Å². The van der Waals surface area contributed by atoms with E-state index in [0.29, 0.717) is 28.1 Å². The van der Waals surface area contributed by atoms with E-state index in [9.17, 15) is 4.79 Å². The van der Waals surface area contributed by atoms with Gasteiger partial charge in [-0.1, -0.05) is 122 Å². The van der Waals surface area contributed by atoms with Gasteiger partial charge in [-0.2, -0.15) is 0 Å². The Hall–Kier alpha value is -0.790. The number of unbranched alkanes of at least 4 members (excludes halogenated alkanes) is 3. The number of nitrogens with one attached hydrogen (secondary N) is 1. The normalized spacial score (nSPS) is 14.2. The molecule has 2 heteroatoms. The standard InChI is InChI=1S/C39H77NO/c1-15-16-24-35(5,6)31-36(7,8)25-21-19-17-18-20-22-26-37(9,10)32-38(11,12)27-23-28-40-33(41)29-39(13,14)30-34(2,3)4/h17-18H,15-16,19-32H2,1-14H3,(H,40,41)/b18-17-. The molecule has 1 amide bonds. The average Bonchev–Trinajstić information content (AvgIpc) is 2.73. The van der Waals surface area contributed by atoms with Crippen LogP contribution in [0, 0.1) is 32.5 Å². The fraction of sp³-hybridized carbons (Fsp3) is 0.923. The third kappa shape index (κ3) is 23.4. The molecule has 0 aromatic heterocycles. The van der Waals surface area contributed by atoms with E-state index < -0.39 is 0 Å². The van der Waals surface area contributed by atoms with Gasteiger partial charge in [0.15, 0.2) is 0 Å². The van der Waals surface area contributed by atoms with Gasteiger partial charge in [-0.25, -0.2) is 0 Å². The minimum atomic E-state index is 0.0444. The summed E-state index contributed by atoms with van der Waals surface area (Å²) in [7, 11) is 0. The minimum Gasteiger partial charge on any atom is -0.356 e. The Morgan fingerprint density at radius 2 is 0.927 bits per heavy atom. The van der Waals surface area contributed by atoms with E-state index in [4.69, 9.17) is 0 Å². The third-order valence-electron chi connectivity index (χ3n) is 8.74. The number of carbonyl (C=O) groups excluding carboxylic acids is 1. The molecule has 0 aromatic carbocycles. The number of hydrogen-bond acceptors (Lipinski definition) is 1. The lowest BCUT2D eigenvalue weighted by atomic mass is 9.70. The van der Waals surface area contributed by atoms with Gasteiger partial charge in [0.2, 0.25) is 5.91 Å². The summed E-state index contributed by atoms with van der Waals surface area (Å²) >= 11 is 0. The molecule has 0 fully saturated rings. The van der Waals surface area contributed by atoms with Crippen molar-refractivity contribution in [2.75, 3.05) is 6.54 Å². The van der Waals surface area contributed by atoms with Crippen LogP contribution in [0.4, 0.5) is 0 Å². The lowest BCUT2D eigenvalue weighted by Gasteiger charge is -2.35. The maximum Gasteiger partial charge on any atom is 0.220 e. The highest BCUT2D eigenvalue weighted by molar-refractivity contribution is 5.76. The van der Waals surface area contributed by atoms with Gasteiger partial charge in [0, 0.05) is 13.0 Å². The largest absolute Gasteiger partial charge is 0.356 e. The van der Waals surface area contributed by atoms with Gasteiger partial charge < -0.3 is 5.32 Å². The molecule has 0 saturated heterocycles. The van der Waals surface area contributed by atoms with Crippen LogP contribution in [0.3, 0.4) is 0 Å². The Morgan fingerprint density at radius 3 is 1.32 bits per heavy atom. The highest BCUT2D eigenvalue weighted by Gasteiger charge is 2.30. The van der Waals surface area contributed by atoms with Crippen molar-refractivity contribution in [2.45, 2.75) is 193 Å². The molecule has 41 heavy (non-hydrogen) atoms. The molecule has 244 valence electrons. The molecular formula is C39H77NO. The number of amides is 1. The predicted molar refractivity (Wildman–Crippen MR) is 185 cm³/mol. The van der Waals surface area contributed by atoms with Crippen molar-refractivity contribution in [3.8, 4) is 0 Å². The lowest BCUT2D eigenvalue weighted by molar-refractivity contribution is -0.123. The average molecular weight is 576 g/mol. The maximum absolute atomic E-state index is 12.5. The molecule has 0 atom stereocenters. The van der Waals surface area contributed by atoms with Crippen molar-refractivity contribution in [2.24, 2.45) is 32.5 Å². The highest BCUT2D eigenvalue weighted by atomic mass is 16.1. The first-order valence-corrected chi connectivity index (χ1v) is 17.4. The molecule has 0 aliphatic rings. The fourth-order valence-corrected chi connectivity index (χ4v) is 8.02. The molecule has 0 saturated carbocycles. The summed E-state index contributed by atoms with van der Waals surface area (Å²) in [6.07, 6.45) is 23.0. The third-order valence-corrected chi connectivity index (χ3v) is 8.74. The van der Waals surface area contributed by atoms with Crippen LogP contribution in [0.15, 0.2) is 12.2 Å². The van der Waals surface area contributed by atoms with Crippen LogP contribution in [0.25, 0.3) is 0 Å². The summed E-state index contributed by atoms with van der Waals surface area (Å²) in [4.78, 5) is 12.5. The smallest absolute Gasteiger partial charge is 0.220 e. The number of hydrogen-bond donors (Lipinski definition) is 1. The monoisotopic (exact) mass is 576 g/mol. The van der Waals surface area contributed by atoms with E-state index in [-0.39, 0.29) is 16.7 Å². The van der Waals surface area contributed by atoms with Crippen LogP contribution in [0.2, 0.25) is 0 Å². The van der Waals surface area contributed by atoms with Crippen LogP contribution in [-0.2, 0) is 4.79 Å². The van der Waals surface area contributed by atoms with Gasteiger partial charge in [0.25, 0.3) is 0 Å². The lowest BCUT2D eigenvalue weighted by Crippen LogP contribution is -2.32. The Balaban J connectivity index is 4.26. The highest BCUT2D eigenvalue weighted by Crippen LogP contribution is 2.41. The molecule has 1 N–H and O–H groups in total. The topological polar surface area (TPSA) is 29.1 Å². The summed E-state index contributed by atoms with van der Waals surface area (Å²) < 4.78 is 0. The Kier molecular flexibility index (Phi) is 17.2. The molecule has 0 heterocycles. The van der Waals surface area contributed by atoms with Gasteiger partial charge in [0.1, 0.15) is 0 Å². The molecule has 0 aliphatic heterocycles. The van der Waals surface area contributed by atoms with Crippen LogP contribution in [0.5, 0.6) is 0 Å². The number of carbonyl (C=O) groups is 1. The number of rotatable bonds is 22. The molecule has 0 radical (unpaired) electrons. The molecule has 2 nitrogen and oxygen atoms in total. The van der Waals surface area contributed by atoms with Gasteiger partial charge in [-0.05, 0) is 110 Å². The van der Waals surface area contributed by atoms with Gasteiger partial charge in [0.05, 0.1) is 0 Å². The van der Waals surface area contributed by atoms with Crippen molar-refractivity contribution in [1.82, 2.24) is 5.32 Å². The summed E-state index contributed by atoms with van der Waals surface area (Å²) in [5.41, 5.74) is 1.86. The first kappa shape index (κ1) is 40.2. The second kappa shape index (κ2) is 17.5. The van der Waals surface area contributed by atoms with Crippen molar-refractivity contribution < 1.29 is 4.79 Å². The zero-order valence-corrected chi connectivity index (χ0v) is 30.9. The van der Waals surface area contributed by atoms with Crippen molar-refractivity contribution >= 4 is 5.91 Å². The van der Waals surface area contributed by atoms with Crippen LogP contribution < -0.4 is 5.32 Å². The molecular weight excluding hydrogens is 498 g/mol. The van der Waals surface area contributed by atoms with Gasteiger partial charge >= 0.3 is 0 Å². The quantitative estimate of drug-likeness (QED) is 0.101. The predicted octanol–water partition coefficient (Wildman–Crippen LogP) is 12.7. The molecule has 0 aliphatic carbocycles. The summed E-state index contributed by atoms with van der Waals surface area (Å²) in [6.45, 7) is 33.9. The SMILES string of the molecule is CCCCC(C)(C)CC(C)(C)CCC/C=C\CCCC(C)(C)CC(C)(C)CCCNC(=O)CC(C)(C)CC(C)(C)C. The van der Waals surface area contributed by atoms with Crippen molar-refractivity contribution in [3.63, 3.8) is 0 Å². The Bertz CT molecular complexity index is 744. The van der Waals surface area contributed by atoms with E-state index in [1.807, 2.05) is 0 Å². The summed E-state index contributed by atoms with van der Waals surface area (Å²) in [5.74, 6) is 0.209. The van der Waals surface area contributed by atoms with E-state index >= 15 is 0 Å². The van der Waals surface area contributed by atoms with Crippen LogP contribution in [-0.4, -0.2) is 12.5 Å². The molecule has 0 bridgehead atoms. The molecule has 0 rings (SSSR count). The first-order valence-electron chi connectivity index (χ1n) is 17.4. The minimum absolute atomic E-state index is 0.0444. The first-order chi connectivity index (χ1) is 18.5. The van der Waals surface area contributed by atoms with E-state index in [1.54, 1.807) is 0 Å². The van der Waals surface area contributed by atoms with Crippen LogP contribution >= 0.6 is 0 Å². The zero-order valence-electron chi connectivity index (χ0n) is 30.9. The Morgan fingerprint density at radius 1 is 0.537 bits per heavy atom. The Labute approximate surface area is 260 Å². The van der Waals surface area contributed by atoms with Crippen molar-refractivity contribution in [3.05, 3.63) is 12.2 Å². The van der Waals surface area contributed by atoms with Gasteiger partial charge in [-0.3, -0.25) is 4.79 Å². The molecule has 0 spiro atoms. The van der Waals surface area contributed by atoms with E-state index in [1.165, 1.54) is 70.6 Å². The zero-order chi connectivity index (χ0) is 32.0. The molecule has 0 unspecified atom stereocenters. The summed E-state index contributed by atoms with van der Waals surface area (Å²) in [6, 6.07) is 0.